The van der Waals surface area contributed by atoms with Gasteiger partial charge >= 0.3 is 0 Å². The first-order valence-electron chi connectivity index (χ1n) is 12.7. The number of hydrogen-bond donors (Lipinski definition) is 0. The van der Waals surface area contributed by atoms with Gasteiger partial charge in [-0.3, -0.25) is 19.5 Å². The van der Waals surface area contributed by atoms with Gasteiger partial charge in [0.05, 0.1) is 12.2 Å². The highest BCUT2D eigenvalue weighted by molar-refractivity contribution is 5.97. The number of Topliss-reactive ketones (excluding diaryl/α,β-unsaturated/α-hetero) is 1. The number of aryl methyl sites for hydroxylation is 2. The smallest absolute Gasteiger partial charge is 0.259 e. The van der Waals surface area contributed by atoms with Crippen LogP contribution < -0.4 is 4.74 Å². The highest BCUT2D eigenvalue weighted by Gasteiger charge is 2.29. The number of hydrogen-bond acceptors (Lipinski definition) is 7. The number of likely N-dealkylation sites (tertiary alicyclic amines) is 1. The Morgan fingerprint density at radius 2 is 2.08 bits per heavy atom. The third kappa shape index (κ3) is 5.04. The number of ether oxygens (including phenoxy) is 1. The largest absolute Gasteiger partial charge is 0.491 e. The van der Waals surface area contributed by atoms with Gasteiger partial charge in [-0.25, -0.2) is 0 Å². The lowest BCUT2D eigenvalue weighted by Gasteiger charge is -2.32. The van der Waals surface area contributed by atoms with E-state index < -0.39 is 0 Å². The standard InChI is InChI=1S/C28H32N4O4/c1-3-24-26(19(2)36-30-24)28(34)32-12-13-35-25-9-8-20(14-23(25)18-32)16-31-11-5-7-22(17-31)27(33)21-6-4-10-29-15-21/h4,6,8-10,14-15,22H,3,5,7,11-13,16-18H2,1-2H3. The fourth-order valence-corrected chi connectivity index (χ4v) is 5.23. The van der Waals surface area contributed by atoms with Crippen LogP contribution in [0.3, 0.4) is 0 Å². The van der Waals surface area contributed by atoms with Crippen molar-refractivity contribution in [3.05, 3.63) is 76.4 Å². The van der Waals surface area contributed by atoms with E-state index in [4.69, 9.17) is 9.26 Å². The zero-order valence-electron chi connectivity index (χ0n) is 20.9. The molecular formula is C28H32N4O4. The van der Waals surface area contributed by atoms with Gasteiger partial charge in [0.2, 0.25) is 0 Å². The molecule has 3 aromatic rings. The topological polar surface area (TPSA) is 88.8 Å². The summed E-state index contributed by atoms with van der Waals surface area (Å²) in [7, 11) is 0. The van der Waals surface area contributed by atoms with Crippen LogP contribution in [0.15, 0.2) is 47.2 Å². The zero-order chi connectivity index (χ0) is 25.1. The number of ketones is 1. The van der Waals surface area contributed by atoms with E-state index in [0.29, 0.717) is 48.7 Å². The molecule has 1 saturated heterocycles. The number of benzene rings is 1. The maximum atomic E-state index is 13.4. The number of rotatable bonds is 6. The quantitative estimate of drug-likeness (QED) is 0.483. The van der Waals surface area contributed by atoms with Gasteiger partial charge in [-0.1, -0.05) is 18.1 Å². The first kappa shape index (κ1) is 24.2. The molecule has 2 aromatic heterocycles. The van der Waals surface area contributed by atoms with Crippen molar-refractivity contribution in [3.63, 3.8) is 0 Å². The van der Waals surface area contributed by atoms with E-state index >= 15 is 0 Å². The Bertz CT molecular complexity index is 1240. The molecule has 8 nitrogen and oxygen atoms in total. The summed E-state index contributed by atoms with van der Waals surface area (Å²) < 4.78 is 11.3. The van der Waals surface area contributed by atoms with Crippen molar-refractivity contribution in [2.45, 2.75) is 46.2 Å². The third-order valence-corrected chi connectivity index (χ3v) is 7.10. The molecule has 1 aromatic carbocycles. The summed E-state index contributed by atoms with van der Waals surface area (Å²) >= 11 is 0. The molecule has 0 bridgehead atoms. The minimum atomic E-state index is -0.0692. The Labute approximate surface area is 211 Å². The van der Waals surface area contributed by atoms with Crippen LogP contribution >= 0.6 is 0 Å². The van der Waals surface area contributed by atoms with Gasteiger partial charge in [-0.15, -0.1) is 0 Å². The van der Waals surface area contributed by atoms with Crippen molar-refractivity contribution in [1.82, 2.24) is 19.9 Å². The molecule has 2 aliphatic heterocycles. The summed E-state index contributed by atoms with van der Waals surface area (Å²) in [4.78, 5) is 34.6. The molecule has 0 N–H and O–H groups in total. The average Bonchev–Trinajstić information content (AvgIpc) is 3.15. The molecule has 5 rings (SSSR count). The summed E-state index contributed by atoms with van der Waals surface area (Å²) in [6.45, 7) is 7.61. The SMILES string of the molecule is CCc1noc(C)c1C(=O)N1CCOc2ccc(CN3CCCC(C(=O)c4cccnc4)C3)cc2C1. The molecule has 2 aliphatic rings. The monoisotopic (exact) mass is 488 g/mol. The van der Waals surface area contributed by atoms with E-state index in [-0.39, 0.29) is 17.6 Å². The number of pyridine rings is 1. The van der Waals surface area contributed by atoms with E-state index in [0.717, 1.165) is 49.4 Å². The van der Waals surface area contributed by atoms with E-state index in [9.17, 15) is 9.59 Å². The van der Waals surface area contributed by atoms with Gasteiger partial charge in [0.25, 0.3) is 5.91 Å². The molecule has 36 heavy (non-hydrogen) atoms. The molecule has 1 unspecified atom stereocenters. The van der Waals surface area contributed by atoms with Crippen LogP contribution in [0, 0.1) is 12.8 Å². The second-order valence-electron chi connectivity index (χ2n) is 9.61. The molecule has 4 heterocycles. The first-order chi connectivity index (χ1) is 17.5. The van der Waals surface area contributed by atoms with E-state index in [1.165, 1.54) is 0 Å². The molecule has 1 atom stereocenters. The van der Waals surface area contributed by atoms with Crippen LogP contribution in [-0.2, 0) is 19.5 Å². The predicted molar refractivity (Wildman–Crippen MR) is 134 cm³/mol. The molecule has 0 spiro atoms. The minimum absolute atomic E-state index is 0.0141. The lowest BCUT2D eigenvalue weighted by molar-refractivity contribution is 0.0730. The number of carbonyl (C=O) groups excluding carboxylic acids is 2. The van der Waals surface area contributed by atoms with Gasteiger partial charge in [-0.2, -0.15) is 0 Å². The highest BCUT2D eigenvalue weighted by atomic mass is 16.5. The first-order valence-corrected chi connectivity index (χ1v) is 12.7. The second-order valence-corrected chi connectivity index (χ2v) is 9.61. The number of piperidine rings is 1. The Kier molecular flexibility index (Phi) is 7.13. The number of carbonyl (C=O) groups is 2. The van der Waals surface area contributed by atoms with Crippen LogP contribution in [0.1, 0.15) is 63.1 Å². The van der Waals surface area contributed by atoms with Crippen molar-refractivity contribution in [2.75, 3.05) is 26.2 Å². The lowest BCUT2D eigenvalue weighted by atomic mass is 9.90. The fourth-order valence-electron chi connectivity index (χ4n) is 5.23. The highest BCUT2D eigenvalue weighted by Crippen LogP contribution is 2.28. The Hall–Kier alpha value is -3.52. The van der Waals surface area contributed by atoms with Crippen LogP contribution in [0.5, 0.6) is 5.75 Å². The van der Waals surface area contributed by atoms with Gasteiger partial charge in [0.15, 0.2) is 5.78 Å². The van der Waals surface area contributed by atoms with Gasteiger partial charge in [-0.05, 0) is 62.6 Å². The Morgan fingerprint density at radius 3 is 2.89 bits per heavy atom. The van der Waals surface area contributed by atoms with Crippen molar-refractivity contribution in [2.24, 2.45) is 5.92 Å². The Morgan fingerprint density at radius 1 is 1.19 bits per heavy atom. The summed E-state index contributed by atoms with van der Waals surface area (Å²) in [6.07, 6.45) is 5.89. The fraction of sp³-hybridized carbons (Fsp3) is 0.429. The molecule has 0 saturated carbocycles. The number of amides is 1. The lowest BCUT2D eigenvalue weighted by Crippen LogP contribution is -2.38. The van der Waals surface area contributed by atoms with Crippen LogP contribution in [-0.4, -0.2) is 57.9 Å². The predicted octanol–water partition coefficient (Wildman–Crippen LogP) is 4.07. The third-order valence-electron chi connectivity index (χ3n) is 7.10. The number of aromatic nitrogens is 2. The molecule has 0 radical (unpaired) electrons. The van der Waals surface area contributed by atoms with Crippen LogP contribution in [0.4, 0.5) is 0 Å². The van der Waals surface area contributed by atoms with Crippen LogP contribution in [0.2, 0.25) is 0 Å². The maximum Gasteiger partial charge on any atom is 0.259 e. The average molecular weight is 489 g/mol. The van der Waals surface area contributed by atoms with Crippen molar-refractivity contribution in [1.29, 1.82) is 0 Å². The summed E-state index contributed by atoms with van der Waals surface area (Å²) in [6, 6.07) is 9.88. The van der Waals surface area contributed by atoms with Crippen LogP contribution in [0.25, 0.3) is 0 Å². The number of fused-ring (bicyclic) bond motifs is 1. The Balaban J connectivity index is 1.29. The molecule has 188 valence electrons. The molecule has 0 aliphatic carbocycles. The molecule has 8 heteroatoms. The molecule has 1 fully saturated rings. The van der Waals surface area contributed by atoms with E-state index in [1.54, 1.807) is 19.3 Å². The van der Waals surface area contributed by atoms with Gasteiger partial charge in [0.1, 0.15) is 23.7 Å². The zero-order valence-corrected chi connectivity index (χ0v) is 20.9. The molecular weight excluding hydrogens is 456 g/mol. The van der Waals surface area contributed by atoms with E-state index in [2.05, 4.69) is 27.2 Å². The van der Waals surface area contributed by atoms with Crippen molar-refractivity contribution < 1.29 is 18.8 Å². The second kappa shape index (κ2) is 10.6. The maximum absolute atomic E-state index is 13.4. The number of nitrogens with zero attached hydrogens (tertiary/aromatic N) is 4. The van der Waals surface area contributed by atoms with Crippen molar-refractivity contribution >= 4 is 11.7 Å². The van der Waals surface area contributed by atoms with E-state index in [1.807, 2.05) is 30.0 Å². The summed E-state index contributed by atoms with van der Waals surface area (Å²) in [5, 5.41) is 4.05. The van der Waals surface area contributed by atoms with Gasteiger partial charge < -0.3 is 14.2 Å². The van der Waals surface area contributed by atoms with Gasteiger partial charge in [0, 0.05) is 49.1 Å². The van der Waals surface area contributed by atoms with Crippen molar-refractivity contribution in [3.8, 4) is 5.75 Å². The minimum Gasteiger partial charge on any atom is -0.491 e. The normalized spacial score (nSPS) is 18.3. The summed E-state index contributed by atoms with van der Waals surface area (Å²) in [5.74, 6) is 1.46. The molecule has 1 amide bonds. The summed E-state index contributed by atoms with van der Waals surface area (Å²) in [5.41, 5.74) is 4.08.